The topological polar surface area (TPSA) is 68.7 Å². The smallest absolute Gasteiger partial charge is 0.290 e. The fourth-order valence-electron chi connectivity index (χ4n) is 1.31. The highest BCUT2D eigenvalue weighted by molar-refractivity contribution is 5.32. The van der Waals surface area contributed by atoms with Crippen molar-refractivity contribution in [2.45, 2.75) is 6.61 Å². The summed E-state index contributed by atoms with van der Waals surface area (Å²) in [5.74, 6) is 1.33. The van der Waals surface area contributed by atoms with Gasteiger partial charge in [0.2, 0.25) is 5.88 Å². The fourth-order valence-corrected chi connectivity index (χ4v) is 1.31. The second-order valence-electron chi connectivity index (χ2n) is 3.42. The van der Waals surface area contributed by atoms with Crippen LogP contribution in [0.25, 0.3) is 0 Å². The van der Waals surface area contributed by atoms with Crippen LogP contribution in [-0.2, 0) is 11.4 Å². The maximum atomic E-state index is 8.36. The number of pyridine rings is 1. The molecular weight excluding hydrogens is 246 g/mol. The molecule has 2 aromatic rings. The minimum Gasteiger partial charge on any atom is -0.487 e. The molecule has 1 aromatic carbocycles. The Morgan fingerprint density at radius 1 is 1.21 bits per heavy atom. The van der Waals surface area contributed by atoms with Gasteiger partial charge in [0, 0.05) is 6.07 Å². The molecule has 0 aliphatic rings. The van der Waals surface area contributed by atoms with Crippen molar-refractivity contribution in [2.24, 2.45) is 0 Å². The minimum atomic E-state index is -0.250. The van der Waals surface area contributed by atoms with E-state index < -0.39 is 0 Å². The number of carbonyl (C=O) groups is 1. The van der Waals surface area contributed by atoms with Crippen molar-refractivity contribution >= 4 is 6.47 Å². The molecule has 100 valence electrons. The number of rotatable bonds is 4. The average Bonchev–Trinajstić information content (AvgIpc) is 2.47. The third-order valence-corrected chi connectivity index (χ3v) is 2.17. The first kappa shape index (κ1) is 14.5. The van der Waals surface area contributed by atoms with Gasteiger partial charge in [-0.15, -0.1) is 0 Å². The monoisotopic (exact) mass is 261 g/mol. The molecule has 0 atom stereocenters. The molecule has 0 amide bonds. The second-order valence-corrected chi connectivity index (χ2v) is 3.42. The van der Waals surface area contributed by atoms with Crippen LogP contribution in [0.2, 0.25) is 0 Å². The molecule has 0 spiro atoms. The predicted octanol–water partition coefficient (Wildman–Crippen LogP) is 2.37. The first-order chi connectivity index (χ1) is 9.30. The highest BCUT2D eigenvalue weighted by Crippen LogP contribution is 2.14. The number of methoxy groups -OCH3 is 1. The van der Waals surface area contributed by atoms with Gasteiger partial charge in [-0.2, -0.15) is 0 Å². The van der Waals surface area contributed by atoms with Gasteiger partial charge in [0.15, 0.2) is 0 Å². The number of benzene rings is 1. The van der Waals surface area contributed by atoms with E-state index in [-0.39, 0.29) is 6.47 Å². The van der Waals surface area contributed by atoms with Crippen LogP contribution < -0.4 is 9.47 Å². The molecule has 0 saturated carbocycles. The summed E-state index contributed by atoms with van der Waals surface area (Å²) in [7, 11) is 1.59. The highest BCUT2D eigenvalue weighted by Gasteiger charge is 1.97. The number of carboxylic acid groups (broad SMARTS) is 1. The van der Waals surface area contributed by atoms with Gasteiger partial charge in [0.05, 0.1) is 13.3 Å². The summed E-state index contributed by atoms with van der Waals surface area (Å²) in [6.07, 6.45) is 1.65. The molecule has 5 heteroatoms. The van der Waals surface area contributed by atoms with E-state index in [0.29, 0.717) is 12.5 Å². The molecule has 5 nitrogen and oxygen atoms in total. The largest absolute Gasteiger partial charge is 0.487 e. The maximum absolute atomic E-state index is 8.36. The third-order valence-electron chi connectivity index (χ3n) is 2.17. The van der Waals surface area contributed by atoms with Crippen LogP contribution in [0.5, 0.6) is 11.6 Å². The average molecular weight is 261 g/mol. The first-order valence-electron chi connectivity index (χ1n) is 5.54. The quantitative estimate of drug-likeness (QED) is 0.856. The van der Waals surface area contributed by atoms with Gasteiger partial charge in [0.25, 0.3) is 6.47 Å². The summed E-state index contributed by atoms with van der Waals surface area (Å²) in [6.45, 7) is 0.300. The summed E-state index contributed by atoms with van der Waals surface area (Å²) in [6, 6.07) is 13.6. The van der Waals surface area contributed by atoms with Crippen molar-refractivity contribution in [1.29, 1.82) is 0 Å². The lowest BCUT2D eigenvalue weighted by atomic mass is 10.2. The van der Waals surface area contributed by atoms with Crippen LogP contribution >= 0.6 is 0 Å². The minimum absolute atomic E-state index is 0.250. The molecule has 0 saturated heterocycles. The lowest BCUT2D eigenvalue weighted by molar-refractivity contribution is -0.122. The van der Waals surface area contributed by atoms with E-state index in [2.05, 4.69) is 4.98 Å². The SMILES string of the molecule is COc1ccc(OCc2ccccc2)cn1.O=CO. The van der Waals surface area contributed by atoms with E-state index in [4.69, 9.17) is 19.4 Å². The van der Waals surface area contributed by atoms with Crippen molar-refractivity contribution in [3.63, 3.8) is 0 Å². The molecule has 1 aromatic heterocycles. The summed E-state index contributed by atoms with van der Waals surface area (Å²) in [4.78, 5) is 12.4. The van der Waals surface area contributed by atoms with Gasteiger partial charge in [-0.05, 0) is 11.6 Å². The van der Waals surface area contributed by atoms with E-state index in [1.165, 1.54) is 0 Å². The number of aromatic nitrogens is 1. The van der Waals surface area contributed by atoms with Crippen molar-refractivity contribution < 1.29 is 19.4 Å². The van der Waals surface area contributed by atoms with E-state index in [1.54, 1.807) is 19.4 Å². The molecular formula is C14H15NO4. The standard InChI is InChI=1S/C13H13NO2.CH2O2/c1-15-13-8-7-12(9-14-13)16-10-11-5-3-2-4-6-11;2-1-3/h2-9H,10H2,1H3;1H,(H,2,3). The Balaban J connectivity index is 0.000000550. The summed E-state index contributed by atoms with van der Waals surface area (Å²) in [5, 5.41) is 6.89. The molecule has 0 unspecified atom stereocenters. The first-order valence-corrected chi connectivity index (χ1v) is 5.54. The summed E-state index contributed by atoms with van der Waals surface area (Å²) < 4.78 is 10.5. The Morgan fingerprint density at radius 2 is 1.89 bits per heavy atom. The van der Waals surface area contributed by atoms with Gasteiger partial charge in [-0.3, -0.25) is 4.79 Å². The Morgan fingerprint density at radius 3 is 2.42 bits per heavy atom. The molecule has 0 bridgehead atoms. The molecule has 2 rings (SSSR count). The van der Waals surface area contributed by atoms with Crippen molar-refractivity contribution in [3.05, 3.63) is 54.2 Å². The molecule has 0 aliphatic heterocycles. The van der Waals surface area contributed by atoms with Crippen LogP contribution in [0.15, 0.2) is 48.7 Å². The number of ether oxygens (including phenoxy) is 2. The van der Waals surface area contributed by atoms with Crippen LogP contribution in [0.4, 0.5) is 0 Å². The summed E-state index contributed by atoms with van der Waals surface area (Å²) >= 11 is 0. The zero-order valence-corrected chi connectivity index (χ0v) is 10.5. The third kappa shape index (κ3) is 5.54. The zero-order chi connectivity index (χ0) is 13.9. The van der Waals surface area contributed by atoms with Gasteiger partial charge in [0.1, 0.15) is 12.4 Å². The molecule has 0 aliphatic carbocycles. The van der Waals surface area contributed by atoms with Crippen molar-refractivity contribution in [1.82, 2.24) is 4.98 Å². The molecule has 0 fully saturated rings. The maximum Gasteiger partial charge on any atom is 0.290 e. The molecule has 0 radical (unpaired) electrons. The van der Waals surface area contributed by atoms with Gasteiger partial charge < -0.3 is 14.6 Å². The Kier molecular flexibility index (Phi) is 6.50. The van der Waals surface area contributed by atoms with E-state index >= 15 is 0 Å². The van der Waals surface area contributed by atoms with Gasteiger partial charge in [-0.1, -0.05) is 30.3 Å². The number of hydrogen-bond acceptors (Lipinski definition) is 4. The summed E-state index contributed by atoms with van der Waals surface area (Å²) in [5.41, 5.74) is 1.14. The second kappa shape index (κ2) is 8.52. The Bertz CT molecular complexity index is 471. The Labute approximate surface area is 111 Å². The van der Waals surface area contributed by atoms with Crippen molar-refractivity contribution in [2.75, 3.05) is 7.11 Å². The number of hydrogen-bond donors (Lipinski definition) is 1. The van der Waals surface area contributed by atoms with E-state index in [0.717, 1.165) is 11.3 Å². The van der Waals surface area contributed by atoms with Gasteiger partial charge in [-0.25, -0.2) is 4.98 Å². The van der Waals surface area contributed by atoms with Gasteiger partial charge >= 0.3 is 0 Å². The van der Waals surface area contributed by atoms with Crippen LogP contribution in [-0.4, -0.2) is 23.7 Å². The van der Waals surface area contributed by atoms with Crippen LogP contribution in [0, 0.1) is 0 Å². The van der Waals surface area contributed by atoms with Crippen molar-refractivity contribution in [3.8, 4) is 11.6 Å². The zero-order valence-electron chi connectivity index (χ0n) is 10.5. The van der Waals surface area contributed by atoms with Crippen LogP contribution in [0.1, 0.15) is 5.56 Å². The predicted molar refractivity (Wildman–Crippen MR) is 70.3 cm³/mol. The van der Waals surface area contributed by atoms with E-state index in [1.807, 2.05) is 36.4 Å². The lowest BCUT2D eigenvalue weighted by Gasteiger charge is -2.06. The fraction of sp³-hybridized carbons (Fsp3) is 0.143. The van der Waals surface area contributed by atoms with Crippen LogP contribution in [0.3, 0.4) is 0 Å². The molecule has 1 heterocycles. The van der Waals surface area contributed by atoms with E-state index in [9.17, 15) is 0 Å². The molecule has 1 N–H and O–H groups in total. The number of nitrogens with zero attached hydrogens (tertiary/aromatic N) is 1. The lowest BCUT2D eigenvalue weighted by Crippen LogP contribution is -1.95. The Hall–Kier alpha value is -2.56. The normalized spacial score (nSPS) is 8.89. The molecule has 19 heavy (non-hydrogen) atoms. The highest BCUT2D eigenvalue weighted by atomic mass is 16.5.